The number of hydrogen-bond donors (Lipinski definition) is 0. The van der Waals surface area contributed by atoms with Gasteiger partial charge in [0.2, 0.25) is 0 Å². The fraction of sp³-hybridized carbons (Fsp3) is 0.385. The van der Waals surface area contributed by atoms with Crippen molar-refractivity contribution in [3.63, 3.8) is 0 Å². The molecule has 0 radical (unpaired) electrons. The molecular weight excluding hydrogens is 202 g/mol. The first kappa shape index (κ1) is 12.4. The number of oxime groups is 1. The van der Waals surface area contributed by atoms with Crippen LogP contribution in [0.25, 0.3) is 0 Å². The molecule has 0 amide bonds. The van der Waals surface area contributed by atoms with E-state index < -0.39 is 0 Å². The third-order valence-corrected chi connectivity index (χ3v) is 2.13. The first-order valence-electron chi connectivity index (χ1n) is 5.55. The summed E-state index contributed by atoms with van der Waals surface area (Å²) in [6.07, 6.45) is 6.11. The summed E-state index contributed by atoms with van der Waals surface area (Å²) in [5.41, 5.74) is 1.11. The molecule has 0 aliphatic carbocycles. The van der Waals surface area contributed by atoms with Gasteiger partial charge in [-0.25, -0.2) is 0 Å². The molecule has 0 spiro atoms. The second-order valence-corrected chi connectivity index (χ2v) is 3.50. The van der Waals surface area contributed by atoms with Gasteiger partial charge in [-0.3, -0.25) is 0 Å². The topological polar surface area (TPSA) is 38.7 Å². The molecule has 0 atom stereocenters. The summed E-state index contributed by atoms with van der Waals surface area (Å²) < 4.78 is 0. The van der Waals surface area contributed by atoms with E-state index in [1.807, 2.05) is 30.3 Å². The average molecular weight is 219 g/mol. The second-order valence-electron chi connectivity index (χ2n) is 3.50. The van der Waals surface area contributed by atoms with Gasteiger partial charge in [0.15, 0.2) is 0 Å². The minimum absolute atomic E-state index is 0.506. The van der Waals surface area contributed by atoms with Crippen LogP contribution in [0.5, 0.6) is 0 Å². The van der Waals surface area contributed by atoms with Crippen LogP contribution in [-0.2, 0) is 16.2 Å². The van der Waals surface area contributed by atoms with Gasteiger partial charge in [-0.1, -0.05) is 35.5 Å². The number of carbonyl (C=O) groups excluding carboxylic acids is 1. The van der Waals surface area contributed by atoms with Crippen LogP contribution in [0.3, 0.4) is 0 Å². The van der Waals surface area contributed by atoms with Gasteiger partial charge in [-0.05, 0) is 24.8 Å². The van der Waals surface area contributed by atoms with E-state index in [1.165, 1.54) is 0 Å². The normalized spacial score (nSPS) is 10.5. The lowest BCUT2D eigenvalue weighted by Crippen LogP contribution is -1.87. The van der Waals surface area contributed by atoms with Gasteiger partial charge >= 0.3 is 0 Å². The van der Waals surface area contributed by atoms with Crippen molar-refractivity contribution in [3.8, 4) is 0 Å². The maximum absolute atomic E-state index is 10.0. The predicted molar refractivity (Wildman–Crippen MR) is 64.3 cm³/mol. The minimum Gasteiger partial charge on any atom is -0.391 e. The van der Waals surface area contributed by atoms with Crippen molar-refractivity contribution in [1.82, 2.24) is 0 Å². The van der Waals surface area contributed by atoms with Crippen molar-refractivity contribution in [2.24, 2.45) is 5.16 Å². The number of benzene rings is 1. The fourth-order valence-electron chi connectivity index (χ4n) is 1.25. The standard InChI is InChI=1S/C13H17NO2/c15-11-7-2-1-6-10-14-16-12-13-8-4-3-5-9-13/h3-5,8-11H,1-2,6-7,12H2/b14-10+. The van der Waals surface area contributed by atoms with E-state index in [4.69, 9.17) is 4.84 Å². The van der Waals surface area contributed by atoms with Gasteiger partial charge in [-0.15, -0.1) is 0 Å². The Bertz CT molecular complexity index is 309. The van der Waals surface area contributed by atoms with Gasteiger partial charge in [0.05, 0.1) is 0 Å². The Morgan fingerprint density at radius 3 is 2.62 bits per heavy atom. The van der Waals surface area contributed by atoms with E-state index in [-0.39, 0.29) is 0 Å². The molecule has 0 saturated heterocycles. The highest BCUT2D eigenvalue weighted by Gasteiger charge is 1.89. The lowest BCUT2D eigenvalue weighted by atomic mass is 10.2. The molecule has 0 bridgehead atoms. The van der Waals surface area contributed by atoms with Crippen molar-refractivity contribution in [2.45, 2.75) is 32.3 Å². The van der Waals surface area contributed by atoms with Gasteiger partial charge < -0.3 is 9.63 Å². The van der Waals surface area contributed by atoms with Crippen LogP contribution in [-0.4, -0.2) is 12.5 Å². The highest BCUT2D eigenvalue weighted by molar-refractivity contribution is 5.56. The number of carbonyl (C=O) groups is 1. The molecule has 0 N–H and O–H groups in total. The largest absolute Gasteiger partial charge is 0.391 e. The Morgan fingerprint density at radius 1 is 1.12 bits per heavy atom. The lowest BCUT2D eigenvalue weighted by Gasteiger charge is -1.98. The van der Waals surface area contributed by atoms with Gasteiger partial charge in [0, 0.05) is 12.6 Å². The molecule has 0 unspecified atom stereocenters. The zero-order valence-corrected chi connectivity index (χ0v) is 9.34. The van der Waals surface area contributed by atoms with E-state index in [0.29, 0.717) is 13.0 Å². The van der Waals surface area contributed by atoms with Crippen LogP contribution in [0.15, 0.2) is 35.5 Å². The van der Waals surface area contributed by atoms with E-state index in [1.54, 1.807) is 6.21 Å². The Kier molecular flexibility index (Phi) is 6.72. The van der Waals surface area contributed by atoms with Crippen molar-refractivity contribution >= 4 is 12.5 Å². The average Bonchev–Trinajstić information content (AvgIpc) is 2.34. The van der Waals surface area contributed by atoms with Crippen LogP contribution in [0.2, 0.25) is 0 Å². The smallest absolute Gasteiger partial charge is 0.142 e. The summed E-state index contributed by atoms with van der Waals surface area (Å²) in [4.78, 5) is 15.2. The van der Waals surface area contributed by atoms with E-state index >= 15 is 0 Å². The SMILES string of the molecule is O=CCCCC/C=N/OCc1ccccc1. The molecule has 0 fully saturated rings. The van der Waals surface area contributed by atoms with Gasteiger partial charge in [0.25, 0.3) is 0 Å². The van der Waals surface area contributed by atoms with Crippen LogP contribution < -0.4 is 0 Å². The second kappa shape index (κ2) is 8.65. The number of aldehydes is 1. The summed E-state index contributed by atoms with van der Waals surface area (Å²) >= 11 is 0. The minimum atomic E-state index is 0.506. The monoisotopic (exact) mass is 219 g/mol. The maximum Gasteiger partial charge on any atom is 0.142 e. The molecule has 1 aromatic rings. The Balaban J connectivity index is 2.02. The molecule has 16 heavy (non-hydrogen) atoms. The number of rotatable bonds is 8. The first-order chi connectivity index (χ1) is 7.93. The Hall–Kier alpha value is -1.64. The van der Waals surface area contributed by atoms with Crippen molar-refractivity contribution in [3.05, 3.63) is 35.9 Å². The number of hydrogen-bond acceptors (Lipinski definition) is 3. The highest BCUT2D eigenvalue weighted by Crippen LogP contribution is 2.00. The maximum atomic E-state index is 10.0. The number of nitrogens with zero attached hydrogens (tertiary/aromatic N) is 1. The van der Waals surface area contributed by atoms with E-state index in [9.17, 15) is 4.79 Å². The zero-order valence-electron chi connectivity index (χ0n) is 9.34. The summed E-state index contributed by atoms with van der Waals surface area (Å²) in [6.45, 7) is 0.506. The molecule has 1 rings (SSSR count). The molecular formula is C13H17NO2. The molecule has 0 heterocycles. The quantitative estimate of drug-likeness (QED) is 0.292. The molecule has 0 saturated carbocycles. The zero-order chi connectivity index (χ0) is 11.5. The molecule has 0 aliphatic rings. The molecule has 0 aliphatic heterocycles. The van der Waals surface area contributed by atoms with Crippen molar-refractivity contribution in [1.29, 1.82) is 0 Å². The van der Waals surface area contributed by atoms with E-state index in [2.05, 4.69) is 5.16 Å². The number of unbranched alkanes of at least 4 members (excludes halogenated alkanes) is 3. The summed E-state index contributed by atoms with van der Waals surface area (Å²) in [5, 5.41) is 3.85. The van der Waals surface area contributed by atoms with Crippen LogP contribution in [0.1, 0.15) is 31.2 Å². The Labute approximate surface area is 96.1 Å². The molecule has 86 valence electrons. The fourth-order valence-corrected chi connectivity index (χ4v) is 1.25. The molecule has 3 nitrogen and oxygen atoms in total. The third-order valence-electron chi connectivity index (χ3n) is 2.13. The van der Waals surface area contributed by atoms with Crippen LogP contribution >= 0.6 is 0 Å². The highest BCUT2D eigenvalue weighted by atomic mass is 16.6. The molecule has 0 aromatic heterocycles. The molecule has 1 aromatic carbocycles. The summed E-state index contributed by atoms with van der Waals surface area (Å²) in [7, 11) is 0. The predicted octanol–water partition coefficient (Wildman–Crippen LogP) is 2.95. The third kappa shape index (κ3) is 5.96. The van der Waals surface area contributed by atoms with Crippen molar-refractivity contribution < 1.29 is 9.63 Å². The summed E-state index contributed by atoms with van der Waals surface area (Å²) in [5.74, 6) is 0. The van der Waals surface area contributed by atoms with Crippen LogP contribution in [0.4, 0.5) is 0 Å². The van der Waals surface area contributed by atoms with E-state index in [0.717, 1.165) is 31.1 Å². The lowest BCUT2D eigenvalue weighted by molar-refractivity contribution is -0.107. The van der Waals surface area contributed by atoms with Gasteiger partial charge in [-0.2, -0.15) is 0 Å². The van der Waals surface area contributed by atoms with Crippen molar-refractivity contribution in [2.75, 3.05) is 0 Å². The summed E-state index contributed by atoms with van der Waals surface area (Å²) in [6, 6.07) is 9.92. The van der Waals surface area contributed by atoms with Crippen LogP contribution in [0, 0.1) is 0 Å². The Morgan fingerprint density at radius 2 is 1.88 bits per heavy atom. The molecule has 3 heteroatoms. The van der Waals surface area contributed by atoms with Gasteiger partial charge in [0.1, 0.15) is 12.9 Å². The first-order valence-corrected chi connectivity index (χ1v) is 5.55.